The maximum absolute atomic E-state index is 6.32. The molecule has 0 bridgehead atoms. The molecule has 1 aliphatic carbocycles. The molecule has 1 aliphatic rings. The van der Waals surface area contributed by atoms with Crippen molar-refractivity contribution in [2.45, 2.75) is 65.0 Å². The summed E-state index contributed by atoms with van der Waals surface area (Å²) >= 11 is 0. The Morgan fingerprint density at radius 2 is 1.88 bits per heavy atom. The molecule has 0 radical (unpaired) electrons. The molecule has 2 nitrogen and oxygen atoms in total. The summed E-state index contributed by atoms with van der Waals surface area (Å²) in [6.07, 6.45) is 6.51. The lowest BCUT2D eigenvalue weighted by Crippen LogP contribution is -2.53. The zero-order chi connectivity index (χ0) is 12.1. The second-order valence-corrected chi connectivity index (χ2v) is 5.90. The van der Waals surface area contributed by atoms with Crippen molar-refractivity contribution in [2.24, 2.45) is 17.6 Å². The molecule has 0 heterocycles. The standard InChI is InChI=1S/C14H30N2/c1-5-6-7-8-16(4)14-12(3)9-11(2)10-13(14)15/h11-14H,5-10,15H2,1-4H3. The highest BCUT2D eigenvalue weighted by Gasteiger charge is 2.33. The highest BCUT2D eigenvalue weighted by molar-refractivity contribution is 4.91. The number of rotatable bonds is 5. The lowest BCUT2D eigenvalue weighted by atomic mass is 9.76. The van der Waals surface area contributed by atoms with Gasteiger partial charge in [-0.2, -0.15) is 0 Å². The van der Waals surface area contributed by atoms with Crippen LogP contribution in [0, 0.1) is 11.8 Å². The van der Waals surface area contributed by atoms with E-state index in [1.807, 2.05) is 0 Å². The lowest BCUT2D eigenvalue weighted by molar-refractivity contribution is 0.0950. The maximum atomic E-state index is 6.32. The van der Waals surface area contributed by atoms with Crippen LogP contribution in [-0.4, -0.2) is 30.6 Å². The molecular weight excluding hydrogens is 196 g/mol. The zero-order valence-corrected chi connectivity index (χ0v) is 11.6. The number of hydrogen-bond acceptors (Lipinski definition) is 2. The van der Waals surface area contributed by atoms with Crippen LogP contribution in [0.25, 0.3) is 0 Å². The number of nitrogens with zero attached hydrogens (tertiary/aromatic N) is 1. The molecule has 4 atom stereocenters. The molecule has 2 heteroatoms. The molecule has 16 heavy (non-hydrogen) atoms. The third-order valence-electron chi connectivity index (χ3n) is 4.09. The summed E-state index contributed by atoms with van der Waals surface area (Å²) in [6, 6.07) is 0.985. The maximum Gasteiger partial charge on any atom is 0.0269 e. The minimum absolute atomic E-state index is 0.380. The average Bonchev–Trinajstić information content (AvgIpc) is 2.16. The van der Waals surface area contributed by atoms with Gasteiger partial charge >= 0.3 is 0 Å². The first-order valence-electron chi connectivity index (χ1n) is 7.02. The van der Waals surface area contributed by atoms with Crippen molar-refractivity contribution in [1.29, 1.82) is 0 Å². The van der Waals surface area contributed by atoms with Gasteiger partial charge in [-0.3, -0.25) is 0 Å². The monoisotopic (exact) mass is 226 g/mol. The van der Waals surface area contributed by atoms with E-state index in [4.69, 9.17) is 5.73 Å². The van der Waals surface area contributed by atoms with Gasteiger partial charge in [0.15, 0.2) is 0 Å². The van der Waals surface area contributed by atoms with Crippen molar-refractivity contribution < 1.29 is 0 Å². The molecule has 0 aliphatic heterocycles. The Morgan fingerprint density at radius 3 is 2.44 bits per heavy atom. The molecule has 1 fully saturated rings. The summed E-state index contributed by atoms with van der Waals surface area (Å²) in [4.78, 5) is 2.51. The zero-order valence-electron chi connectivity index (χ0n) is 11.6. The first-order valence-corrected chi connectivity index (χ1v) is 7.02. The second-order valence-electron chi connectivity index (χ2n) is 5.90. The Morgan fingerprint density at radius 1 is 1.19 bits per heavy atom. The fraction of sp³-hybridized carbons (Fsp3) is 1.00. The van der Waals surface area contributed by atoms with E-state index in [-0.39, 0.29) is 0 Å². The van der Waals surface area contributed by atoms with Crippen LogP contribution in [-0.2, 0) is 0 Å². The molecule has 2 N–H and O–H groups in total. The third kappa shape index (κ3) is 3.74. The molecule has 1 rings (SSSR count). The van der Waals surface area contributed by atoms with Crippen LogP contribution < -0.4 is 5.73 Å². The van der Waals surface area contributed by atoms with Crippen molar-refractivity contribution in [3.8, 4) is 0 Å². The Balaban J connectivity index is 2.43. The molecule has 0 saturated heterocycles. The second kappa shape index (κ2) is 6.61. The van der Waals surface area contributed by atoms with Gasteiger partial charge in [0.05, 0.1) is 0 Å². The lowest BCUT2D eigenvalue weighted by Gasteiger charge is -2.43. The van der Waals surface area contributed by atoms with Crippen molar-refractivity contribution in [1.82, 2.24) is 4.90 Å². The molecule has 4 unspecified atom stereocenters. The van der Waals surface area contributed by atoms with Gasteiger partial charge in [-0.25, -0.2) is 0 Å². The smallest absolute Gasteiger partial charge is 0.0269 e. The normalized spacial score (nSPS) is 35.6. The molecule has 96 valence electrons. The minimum atomic E-state index is 0.380. The van der Waals surface area contributed by atoms with Gasteiger partial charge in [-0.05, 0) is 44.7 Å². The molecule has 0 aromatic rings. The van der Waals surface area contributed by atoms with Crippen LogP contribution in [0.1, 0.15) is 52.9 Å². The predicted molar refractivity (Wildman–Crippen MR) is 71.5 cm³/mol. The van der Waals surface area contributed by atoms with Gasteiger partial charge in [0.25, 0.3) is 0 Å². The number of unbranched alkanes of at least 4 members (excludes halogenated alkanes) is 2. The van der Waals surface area contributed by atoms with Gasteiger partial charge in [0.2, 0.25) is 0 Å². The quantitative estimate of drug-likeness (QED) is 0.730. The summed E-state index contributed by atoms with van der Waals surface area (Å²) in [7, 11) is 2.26. The molecule has 0 spiro atoms. The Kier molecular flexibility index (Phi) is 5.77. The van der Waals surface area contributed by atoms with Gasteiger partial charge in [-0.15, -0.1) is 0 Å². The summed E-state index contributed by atoms with van der Waals surface area (Å²) in [5, 5.41) is 0. The third-order valence-corrected chi connectivity index (χ3v) is 4.09. The largest absolute Gasteiger partial charge is 0.326 e. The van der Waals surface area contributed by atoms with Crippen LogP contribution in [0.2, 0.25) is 0 Å². The van der Waals surface area contributed by atoms with E-state index >= 15 is 0 Å². The summed E-state index contributed by atoms with van der Waals surface area (Å²) < 4.78 is 0. The van der Waals surface area contributed by atoms with E-state index in [9.17, 15) is 0 Å². The van der Waals surface area contributed by atoms with Gasteiger partial charge < -0.3 is 10.6 Å². The van der Waals surface area contributed by atoms with E-state index in [0.29, 0.717) is 12.1 Å². The van der Waals surface area contributed by atoms with Crippen LogP contribution in [0.5, 0.6) is 0 Å². The predicted octanol–water partition coefficient (Wildman–Crippen LogP) is 2.87. The van der Waals surface area contributed by atoms with Crippen LogP contribution in [0.15, 0.2) is 0 Å². The molecule has 0 amide bonds. The van der Waals surface area contributed by atoms with Gasteiger partial charge in [0.1, 0.15) is 0 Å². The first-order chi connectivity index (χ1) is 7.56. The van der Waals surface area contributed by atoms with Crippen LogP contribution in [0.3, 0.4) is 0 Å². The van der Waals surface area contributed by atoms with E-state index in [2.05, 4.69) is 32.7 Å². The van der Waals surface area contributed by atoms with Crippen LogP contribution >= 0.6 is 0 Å². The van der Waals surface area contributed by atoms with Crippen molar-refractivity contribution in [3.05, 3.63) is 0 Å². The van der Waals surface area contributed by atoms with Crippen LogP contribution in [0.4, 0.5) is 0 Å². The topological polar surface area (TPSA) is 29.3 Å². The fourth-order valence-electron chi connectivity index (χ4n) is 3.42. The van der Waals surface area contributed by atoms with Crippen molar-refractivity contribution in [2.75, 3.05) is 13.6 Å². The number of hydrogen-bond donors (Lipinski definition) is 1. The van der Waals surface area contributed by atoms with Crippen molar-refractivity contribution >= 4 is 0 Å². The Hall–Kier alpha value is -0.0800. The minimum Gasteiger partial charge on any atom is -0.326 e. The molecule has 1 saturated carbocycles. The Labute approximate surface area is 102 Å². The summed E-state index contributed by atoms with van der Waals surface area (Å²) in [5.41, 5.74) is 6.32. The fourth-order valence-corrected chi connectivity index (χ4v) is 3.42. The van der Waals surface area contributed by atoms with E-state index < -0.39 is 0 Å². The average molecular weight is 226 g/mol. The highest BCUT2D eigenvalue weighted by atomic mass is 15.1. The van der Waals surface area contributed by atoms with Crippen molar-refractivity contribution in [3.63, 3.8) is 0 Å². The highest BCUT2D eigenvalue weighted by Crippen LogP contribution is 2.30. The summed E-state index contributed by atoms with van der Waals surface area (Å²) in [5.74, 6) is 1.57. The van der Waals surface area contributed by atoms with Gasteiger partial charge in [-0.1, -0.05) is 33.6 Å². The molecule has 0 aromatic heterocycles. The SMILES string of the molecule is CCCCCN(C)C1C(C)CC(C)CC1N. The Bertz CT molecular complexity index is 181. The number of nitrogens with two attached hydrogens (primary N) is 1. The summed E-state index contributed by atoms with van der Waals surface area (Å²) in [6.45, 7) is 8.18. The molecular formula is C14H30N2. The number of likely N-dealkylation sites (N-methyl/N-ethyl adjacent to an activating group) is 1. The first kappa shape index (κ1) is 14.0. The van der Waals surface area contributed by atoms with E-state index in [1.54, 1.807) is 0 Å². The van der Waals surface area contributed by atoms with E-state index in [0.717, 1.165) is 11.8 Å². The molecule has 0 aromatic carbocycles. The van der Waals surface area contributed by atoms with E-state index in [1.165, 1.54) is 38.6 Å². The van der Waals surface area contributed by atoms with Gasteiger partial charge in [0, 0.05) is 12.1 Å².